The largest absolute Gasteiger partial charge is 0.361 e. The number of aromatic amines is 1. The molecule has 2 N–H and O–H groups in total. The Labute approximate surface area is 166 Å². The Bertz CT molecular complexity index is 1070. The van der Waals surface area contributed by atoms with Gasteiger partial charge in [0.1, 0.15) is 0 Å². The van der Waals surface area contributed by atoms with E-state index in [2.05, 4.69) is 50.5 Å². The lowest BCUT2D eigenvalue weighted by molar-refractivity contribution is 0.0951. The van der Waals surface area contributed by atoms with Crippen LogP contribution < -0.4 is 5.32 Å². The van der Waals surface area contributed by atoms with Crippen molar-refractivity contribution in [3.8, 4) is 0 Å². The van der Waals surface area contributed by atoms with E-state index in [-0.39, 0.29) is 11.8 Å². The molecule has 0 saturated heterocycles. The van der Waals surface area contributed by atoms with Crippen LogP contribution in [0.15, 0.2) is 89.5 Å². The minimum absolute atomic E-state index is 0.0637. The molecule has 4 aromatic rings. The second-order valence-electron chi connectivity index (χ2n) is 6.44. The van der Waals surface area contributed by atoms with Crippen molar-refractivity contribution in [2.75, 3.05) is 6.54 Å². The summed E-state index contributed by atoms with van der Waals surface area (Å²) >= 11 is 3.45. The van der Waals surface area contributed by atoms with E-state index in [1.165, 1.54) is 16.5 Å². The van der Waals surface area contributed by atoms with Crippen LogP contribution in [0.1, 0.15) is 27.4 Å². The van der Waals surface area contributed by atoms with Gasteiger partial charge >= 0.3 is 0 Å². The highest BCUT2D eigenvalue weighted by atomic mass is 79.9. The number of halogens is 1. The molecule has 0 aliphatic heterocycles. The third kappa shape index (κ3) is 3.67. The summed E-state index contributed by atoms with van der Waals surface area (Å²) in [5.41, 5.74) is 4.10. The number of benzene rings is 3. The third-order valence-corrected chi connectivity index (χ3v) is 5.48. The molecule has 0 saturated carbocycles. The summed E-state index contributed by atoms with van der Waals surface area (Å²) in [5, 5.41) is 4.29. The SMILES string of the molecule is O=C(NC[C@@H](c1ccccc1)c1c[nH]c2ccccc12)c1ccccc1Br. The summed E-state index contributed by atoms with van der Waals surface area (Å²) in [4.78, 5) is 16.0. The number of fused-ring (bicyclic) bond motifs is 1. The average molecular weight is 419 g/mol. The summed E-state index contributed by atoms with van der Waals surface area (Å²) in [6, 6.07) is 26.0. The molecule has 27 heavy (non-hydrogen) atoms. The van der Waals surface area contributed by atoms with Crippen LogP contribution in [0.2, 0.25) is 0 Å². The minimum atomic E-state index is -0.0803. The number of para-hydroxylation sites is 1. The van der Waals surface area contributed by atoms with Crippen molar-refractivity contribution in [2.24, 2.45) is 0 Å². The lowest BCUT2D eigenvalue weighted by Gasteiger charge is -2.18. The van der Waals surface area contributed by atoms with Gasteiger partial charge < -0.3 is 10.3 Å². The minimum Gasteiger partial charge on any atom is -0.361 e. The molecule has 0 bridgehead atoms. The predicted molar refractivity (Wildman–Crippen MR) is 113 cm³/mol. The van der Waals surface area contributed by atoms with Gasteiger partial charge in [0.15, 0.2) is 0 Å². The van der Waals surface area contributed by atoms with E-state index < -0.39 is 0 Å². The molecular formula is C23H19BrN2O. The highest BCUT2D eigenvalue weighted by Crippen LogP contribution is 2.30. The molecule has 0 unspecified atom stereocenters. The van der Waals surface area contributed by atoms with Crippen molar-refractivity contribution in [1.29, 1.82) is 0 Å². The van der Waals surface area contributed by atoms with E-state index in [9.17, 15) is 4.79 Å². The van der Waals surface area contributed by atoms with Gasteiger partial charge in [0, 0.05) is 34.0 Å². The number of H-pyrrole nitrogens is 1. The van der Waals surface area contributed by atoms with E-state index in [1.54, 1.807) is 0 Å². The molecule has 0 radical (unpaired) electrons. The first kappa shape index (κ1) is 17.6. The highest BCUT2D eigenvalue weighted by molar-refractivity contribution is 9.10. The van der Waals surface area contributed by atoms with Crippen LogP contribution in [-0.2, 0) is 0 Å². The molecule has 3 nitrogen and oxygen atoms in total. The summed E-state index contributed by atoms with van der Waals surface area (Å²) in [6.45, 7) is 0.520. The quantitative estimate of drug-likeness (QED) is 0.441. The Hall–Kier alpha value is -2.85. The average Bonchev–Trinajstić information content (AvgIpc) is 3.13. The number of carbonyl (C=O) groups is 1. The first-order chi connectivity index (χ1) is 13.2. The van der Waals surface area contributed by atoms with Crippen LogP contribution >= 0.6 is 15.9 Å². The van der Waals surface area contributed by atoms with Gasteiger partial charge in [-0.15, -0.1) is 0 Å². The second kappa shape index (κ2) is 7.80. The number of nitrogens with one attached hydrogen (secondary N) is 2. The van der Waals surface area contributed by atoms with Gasteiger partial charge in [-0.05, 0) is 45.3 Å². The van der Waals surface area contributed by atoms with Crippen molar-refractivity contribution in [3.63, 3.8) is 0 Å². The number of amides is 1. The Kier molecular flexibility index (Phi) is 5.07. The zero-order valence-corrected chi connectivity index (χ0v) is 16.2. The number of rotatable bonds is 5. The molecule has 1 atom stereocenters. The smallest absolute Gasteiger partial charge is 0.252 e. The monoisotopic (exact) mass is 418 g/mol. The third-order valence-electron chi connectivity index (χ3n) is 4.78. The van der Waals surface area contributed by atoms with Crippen LogP contribution in [-0.4, -0.2) is 17.4 Å². The van der Waals surface area contributed by atoms with Crippen LogP contribution in [0.25, 0.3) is 10.9 Å². The molecule has 4 rings (SSSR count). The molecule has 1 aromatic heterocycles. The van der Waals surface area contributed by atoms with Gasteiger partial charge in [0.2, 0.25) is 0 Å². The molecule has 0 fully saturated rings. The fourth-order valence-corrected chi connectivity index (χ4v) is 3.88. The normalized spacial score (nSPS) is 12.0. The van der Waals surface area contributed by atoms with E-state index in [1.807, 2.05) is 60.8 Å². The molecule has 134 valence electrons. The summed E-state index contributed by atoms with van der Waals surface area (Å²) in [7, 11) is 0. The topological polar surface area (TPSA) is 44.9 Å². The van der Waals surface area contributed by atoms with Crippen molar-refractivity contribution in [1.82, 2.24) is 10.3 Å². The van der Waals surface area contributed by atoms with Gasteiger partial charge in [-0.25, -0.2) is 0 Å². The van der Waals surface area contributed by atoms with Crippen LogP contribution in [0, 0.1) is 0 Å². The first-order valence-corrected chi connectivity index (χ1v) is 9.67. The number of carbonyl (C=O) groups excluding carboxylic acids is 1. The number of hydrogen-bond acceptors (Lipinski definition) is 1. The molecule has 0 aliphatic carbocycles. The molecule has 0 spiro atoms. The summed E-state index contributed by atoms with van der Waals surface area (Å²) in [6.07, 6.45) is 2.05. The van der Waals surface area contributed by atoms with Crippen molar-refractivity contribution in [2.45, 2.75) is 5.92 Å². The maximum absolute atomic E-state index is 12.7. The molecule has 0 aliphatic rings. The molecule has 1 heterocycles. The van der Waals surface area contributed by atoms with E-state index >= 15 is 0 Å². The second-order valence-corrected chi connectivity index (χ2v) is 7.30. The zero-order chi connectivity index (χ0) is 18.6. The molecule has 1 amide bonds. The van der Waals surface area contributed by atoms with Gasteiger partial charge in [-0.2, -0.15) is 0 Å². The van der Waals surface area contributed by atoms with E-state index in [0.29, 0.717) is 12.1 Å². The van der Waals surface area contributed by atoms with Gasteiger partial charge in [0.05, 0.1) is 5.56 Å². The maximum Gasteiger partial charge on any atom is 0.252 e. The maximum atomic E-state index is 12.7. The van der Waals surface area contributed by atoms with Crippen LogP contribution in [0.5, 0.6) is 0 Å². The van der Waals surface area contributed by atoms with Crippen molar-refractivity contribution < 1.29 is 4.79 Å². The van der Waals surface area contributed by atoms with Crippen molar-refractivity contribution in [3.05, 3.63) is 106 Å². The number of aromatic nitrogens is 1. The van der Waals surface area contributed by atoms with Gasteiger partial charge in [-0.3, -0.25) is 4.79 Å². The van der Waals surface area contributed by atoms with Gasteiger partial charge in [-0.1, -0.05) is 60.7 Å². The Morgan fingerprint density at radius 2 is 1.63 bits per heavy atom. The standard InChI is InChI=1S/C23H19BrN2O/c24-21-12-6-4-11-18(21)23(27)26-14-19(16-8-2-1-3-9-16)20-15-25-22-13-7-5-10-17(20)22/h1-13,15,19,25H,14H2,(H,26,27)/t19-/m0/s1. The number of hydrogen-bond donors (Lipinski definition) is 2. The molecule has 4 heteroatoms. The Morgan fingerprint density at radius 3 is 2.44 bits per heavy atom. The van der Waals surface area contributed by atoms with E-state index in [4.69, 9.17) is 0 Å². The molecular weight excluding hydrogens is 400 g/mol. The Morgan fingerprint density at radius 1 is 0.926 bits per heavy atom. The molecule has 3 aromatic carbocycles. The van der Waals surface area contributed by atoms with E-state index in [0.717, 1.165) is 9.99 Å². The lowest BCUT2D eigenvalue weighted by Crippen LogP contribution is -2.29. The zero-order valence-electron chi connectivity index (χ0n) is 14.7. The Balaban J connectivity index is 1.65. The first-order valence-electron chi connectivity index (χ1n) is 8.87. The fraction of sp³-hybridized carbons (Fsp3) is 0.0870. The summed E-state index contributed by atoms with van der Waals surface area (Å²) < 4.78 is 0.797. The van der Waals surface area contributed by atoms with Crippen LogP contribution in [0.4, 0.5) is 0 Å². The predicted octanol–water partition coefficient (Wildman–Crippen LogP) is 5.49. The van der Waals surface area contributed by atoms with Crippen molar-refractivity contribution >= 4 is 32.7 Å². The highest BCUT2D eigenvalue weighted by Gasteiger charge is 2.19. The fourth-order valence-electron chi connectivity index (χ4n) is 3.41. The lowest BCUT2D eigenvalue weighted by atomic mass is 9.91. The van der Waals surface area contributed by atoms with Crippen LogP contribution in [0.3, 0.4) is 0 Å². The summed E-state index contributed by atoms with van der Waals surface area (Å²) in [5.74, 6) is -0.0166. The van der Waals surface area contributed by atoms with Gasteiger partial charge in [0.25, 0.3) is 5.91 Å².